The molecule has 1 heterocycles. The Hall–Kier alpha value is -0.960. The zero-order chi connectivity index (χ0) is 8.27. The summed E-state index contributed by atoms with van der Waals surface area (Å²) in [6.07, 6.45) is 1.43. The van der Waals surface area contributed by atoms with Gasteiger partial charge in [0.15, 0.2) is 6.07 Å². The van der Waals surface area contributed by atoms with Gasteiger partial charge in [0.05, 0.1) is 6.26 Å². The van der Waals surface area contributed by atoms with Crippen LogP contribution < -0.4 is 0 Å². The van der Waals surface area contributed by atoms with Crippen molar-refractivity contribution in [1.29, 1.82) is 0 Å². The van der Waals surface area contributed by atoms with Gasteiger partial charge in [0.25, 0.3) is 0 Å². The fourth-order valence-electron chi connectivity index (χ4n) is 0.697. The van der Waals surface area contributed by atoms with Crippen LogP contribution in [0.25, 0.3) is 0 Å². The molecule has 0 aliphatic heterocycles. The van der Waals surface area contributed by atoms with Crippen LogP contribution in [0.5, 0.6) is 0 Å². The second-order valence-corrected chi connectivity index (χ2v) is 2.19. The molecule has 0 aliphatic carbocycles. The van der Waals surface area contributed by atoms with E-state index in [9.17, 15) is 4.79 Å². The maximum absolute atomic E-state index is 10.9. The van der Waals surface area contributed by atoms with E-state index in [4.69, 9.17) is 16.0 Å². The highest BCUT2D eigenvalue weighted by molar-refractivity contribution is 6.17. The van der Waals surface area contributed by atoms with Crippen molar-refractivity contribution in [3.05, 3.63) is 23.7 Å². The van der Waals surface area contributed by atoms with Crippen molar-refractivity contribution < 1.29 is 13.9 Å². The van der Waals surface area contributed by atoms with Gasteiger partial charge in [-0.1, -0.05) is 11.6 Å². The van der Waals surface area contributed by atoms with Gasteiger partial charge >= 0.3 is 5.97 Å². The first-order chi connectivity index (χ1) is 5.25. The quantitative estimate of drug-likeness (QED) is 0.508. The molecule has 0 fully saturated rings. The van der Waals surface area contributed by atoms with E-state index in [1.165, 1.54) is 6.26 Å². The number of halogens is 1. The van der Waals surface area contributed by atoms with E-state index in [1.54, 1.807) is 13.0 Å². The van der Waals surface area contributed by atoms with E-state index in [0.717, 1.165) is 5.56 Å². The molecule has 0 aliphatic rings. The summed E-state index contributed by atoms with van der Waals surface area (Å²) in [5, 5.41) is 0. The molecule has 0 saturated carbocycles. The van der Waals surface area contributed by atoms with E-state index in [2.05, 4.69) is 4.74 Å². The molecular formula is C7H7ClO3. The highest BCUT2D eigenvalue weighted by Gasteiger charge is 2.12. The number of hydrogen-bond acceptors (Lipinski definition) is 3. The largest absolute Gasteiger partial charge is 0.457 e. The topological polar surface area (TPSA) is 39.4 Å². The molecular weight excluding hydrogens is 168 g/mol. The monoisotopic (exact) mass is 174 g/mol. The van der Waals surface area contributed by atoms with Crippen molar-refractivity contribution in [2.45, 2.75) is 6.92 Å². The van der Waals surface area contributed by atoms with Gasteiger partial charge in [0.2, 0.25) is 5.76 Å². The van der Waals surface area contributed by atoms with E-state index in [0.29, 0.717) is 0 Å². The number of esters is 1. The fourth-order valence-corrected chi connectivity index (χ4v) is 0.796. The summed E-state index contributed by atoms with van der Waals surface area (Å²) in [6, 6.07) is 1.53. The van der Waals surface area contributed by atoms with Crippen molar-refractivity contribution in [3.8, 4) is 0 Å². The Morgan fingerprint density at radius 2 is 2.55 bits per heavy atom. The molecule has 0 atom stereocenters. The first-order valence-corrected chi connectivity index (χ1v) is 3.56. The summed E-state index contributed by atoms with van der Waals surface area (Å²) in [4.78, 5) is 10.9. The Bertz CT molecular complexity index is 254. The predicted molar refractivity (Wildman–Crippen MR) is 39.6 cm³/mol. The van der Waals surface area contributed by atoms with E-state index < -0.39 is 5.97 Å². The molecule has 3 nitrogen and oxygen atoms in total. The number of alkyl halides is 1. The molecule has 0 spiro atoms. The van der Waals surface area contributed by atoms with E-state index in [-0.39, 0.29) is 11.8 Å². The molecule has 0 bridgehead atoms. The molecule has 1 rings (SSSR count). The molecule has 0 saturated heterocycles. The second kappa shape index (κ2) is 3.44. The van der Waals surface area contributed by atoms with Crippen molar-refractivity contribution in [1.82, 2.24) is 0 Å². The first kappa shape index (κ1) is 8.14. The molecule has 0 unspecified atom stereocenters. The summed E-state index contributed by atoms with van der Waals surface area (Å²) >= 11 is 5.18. The molecule has 0 radical (unpaired) electrons. The Labute approximate surface area is 68.9 Å². The number of ether oxygens (including phenoxy) is 1. The number of furan rings is 1. The summed E-state index contributed by atoms with van der Waals surface area (Å²) in [7, 11) is 0. The van der Waals surface area contributed by atoms with Crippen LogP contribution in [0.3, 0.4) is 0 Å². The molecule has 0 aromatic carbocycles. The zero-order valence-electron chi connectivity index (χ0n) is 5.96. The van der Waals surface area contributed by atoms with Gasteiger partial charge in [-0.2, -0.15) is 0 Å². The van der Waals surface area contributed by atoms with Gasteiger partial charge in [-0.15, -0.1) is 0 Å². The van der Waals surface area contributed by atoms with E-state index in [1.807, 2.05) is 0 Å². The molecule has 0 N–H and O–H groups in total. The third kappa shape index (κ3) is 1.74. The minimum atomic E-state index is -0.525. The SMILES string of the molecule is Cc1ccoc1C(=O)OCCl. The number of aryl methyl sites for hydroxylation is 1. The number of carbonyl (C=O) groups excluding carboxylic acids is 1. The fraction of sp³-hybridized carbons (Fsp3) is 0.286. The Kier molecular flexibility index (Phi) is 2.54. The van der Waals surface area contributed by atoms with Crippen molar-refractivity contribution in [2.75, 3.05) is 6.07 Å². The number of hydrogen-bond donors (Lipinski definition) is 0. The number of rotatable bonds is 2. The molecule has 4 heteroatoms. The molecule has 1 aromatic heterocycles. The summed E-state index contributed by atoms with van der Waals surface area (Å²) in [5.74, 6) is -0.312. The third-order valence-corrected chi connectivity index (χ3v) is 1.34. The smallest absolute Gasteiger partial charge is 0.375 e. The first-order valence-electron chi connectivity index (χ1n) is 3.03. The second-order valence-electron chi connectivity index (χ2n) is 1.97. The van der Waals surface area contributed by atoms with Crippen molar-refractivity contribution in [2.24, 2.45) is 0 Å². The van der Waals surface area contributed by atoms with Crippen molar-refractivity contribution >= 4 is 17.6 Å². The Morgan fingerprint density at radius 1 is 1.82 bits per heavy atom. The lowest BCUT2D eigenvalue weighted by molar-refractivity contribution is 0.0537. The van der Waals surface area contributed by atoms with Gasteiger partial charge in [-0.25, -0.2) is 4.79 Å². The van der Waals surface area contributed by atoms with Crippen LogP contribution in [-0.2, 0) is 4.74 Å². The highest BCUT2D eigenvalue weighted by atomic mass is 35.5. The lowest BCUT2D eigenvalue weighted by Crippen LogP contribution is -2.03. The Balaban J connectivity index is 2.76. The van der Waals surface area contributed by atoms with Gasteiger partial charge < -0.3 is 9.15 Å². The summed E-state index contributed by atoms with van der Waals surface area (Å²) < 4.78 is 9.35. The average molecular weight is 175 g/mol. The molecule has 11 heavy (non-hydrogen) atoms. The third-order valence-electron chi connectivity index (χ3n) is 1.23. The average Bonchev–Trinajstić information content (AvgIpc) is 2.36. The lowest BCUT2D eigenvalue weighted by Gasteiger charge is -1.96. The van der Waals surface area contributed by atoms with Crippen LogP contribution in [0.15, 0.2) is 16.7 Å². The normalized spacial score (nSPS) is 9.64. The molecule has 60 valence electrons. The summed E-state index contributed by atoms with van der Waals surface area (Å²) in [6.45, 7) is 1.76. The maximum Gasteiger partial charge on any atom is 0.375 e. The zero-order valence-corrected chi connectivity index (χ0v) is 6.72. The van der Waals surface area contributed by atoms with Crippen LogP contribution >= 0.6 is 11.6 Å². The molecule has 1 aromatic rings. The lowest BCUT2D eigenvalue weighted by atomic mass is 10.3. The Morgan fingerprint density at radius 3 is 3.00 bits per heavy atom. The highest BCUT2D eigenvalue weighted by Crippen LogP contribution is 2.09. The van der Waals surface area contributed by atoms with Crippen LogP contribution in [0.1, 0.15) is 16.1 Å². The van der Waals surface area contributed by atoms with Crippen LogP contribution in [0.2, 0.25) is 0 Å². The van der Waals surface area contributed by atoms with E-state index >= 15 is 0 Å². The standard InChI is InChI=1S/C7H7ClO3/c1-5-2-3-10-6(5)7(9)11-4-8/h2-3H,4H2,1H3. The maximum atomic E-state index is 10.9. The van der Waals surface area contributed by atoms with Gasteiger partial charge in [0, 0.05) is 5.56 Å². The summed E-state index contributed by atoms with van der Waals surface area (Å²) in [5.41, 5.74) is 0.750. The van der Waals surface area contributed by atoms with Gasteiger partial charge in [0.1, 0.15) is 0 Å². The van der Waals surface area contributed by atoms with Gasteiger partial charge in [-0.05, 0) is 13.0 Å². The molecule has 0 amide bonds. The van der Waals surface area contributed by atoms with Crippen LogP contribution in [0.4, 0.5) is 0 Å². The van der Waals surface area contributed by atoms with Crippen LogP contribution in [0, 0.1) is 6.92 Å². The number of carbonyl (C=O) groups is 1. The van der Waals surface area contributed by atoms with Crippen LogP contribution in [-0.4, -0.2) is 12.0 Å². The predicted octanol–water partition coefficient (Wildman–Crippen LogP) is 1.94. The van der Waals surface area contributed by atoms with Gasteiger partial charge in [-0.3, -0.25) is 0 Å². The van der Waals surface area contributed by atoms with Crippen molar-refractivity contribution in [3.63, 3.8) is 0 Å². The minimum absolute atomic E-state index is 0.154. The minimum Gasteiger partial charge on any atom is -0.457 e.